The van der Waals surface area contributed by atoms with Gasteiger partial charge in [0, 0.05) is 73.3 Å². The highest BCUT2D eigenvalue weighted by Gasteiger charge is 2.54. The van der Waals surface area contributed by atoms with Gasteiger partial charge in [0.25, 0.3) is 5.91 Å². The van der Waals surface area contributed by atoms with Crippen LogP contribution in [0.15, 0.2) is 91.1 Å². The van der Waals surface area contributed by atoms with Gasteiger partial charge in [-0.25, -0.2) is 0 Å². The molecule has 0 unspecified atom stereocenters. The first-order valence-electron chi connectivity index (χ1n) is 12.9. The number of rotatable bonds is 7. The van der Waals surface area contributed by atoms with Crippen LogP contribution in [0.25, 0.3) is 0 Å². The SMILES string of the molecule is Cn1cccc1C(=O)Nc1ccc(Nc2ccc(Nc3ccc(N4CCC(O)(C(F)(F)F)CC4)cc3)cc2)cc1. The predicted molar refractivity (Wildman–Crippen MR) is 152 cm³/mol. The zero-order chi connectivity index (χ0) is 28.3. The number of halogens is 3. The van der Waals surface area contributed by atoms with Gasteiger partial charge in [-0.3, -0.25) is 4.79 Å². The fraction of sp³-hybridized carbons (Fsp3) is 0.233. The minimum absolute atomic E-state index is 0.141. The van der Waals surface area contributed by atoms with Crippen molar-refractivity contribution in [3.63, 3.8) is 0 Å². The smallest absolute Gasteiger partial charge is 0.380 e. The van der Waals surface area contributed by atoms with Gasteiger partial charge in [-0.1, -0.05) is 0 Å². The molecule has 2 heterocycles. The molecular weight excluding hydrogens is 519 g/mol. The number of aliphatic hydroxyl groups is 1. The second-order valence-corrected chi connectivity index (χ2v) is 9.93. The van der Waals surface area contributed by atoms with Gasteiger partial charge in [-0.2, -0.15) is 13.2 Å². The summed E-state index contributed by atoms with van der Waals surface area (Å²) in [4.78, 5) is 14.2. The minimum Gasteiger partial charge on any atom is -0.380 e. The summed E-state index contributed by atoms with van der Waals surface area (Å²) in [6.07, 6.45) is -3.47. The lowest BCUT2D eigenvalue weighted by Crippen LogP contribution is -2.53. The molecule has 5 rings (SSSR count). The topological polar surface area (TPSA) is 81.6 Å². The average molecular weight is 550 g/mol. The van der Waals surface area contributed by atoms with Crippen molar-refractivity contribution >= 4 is 40.0 Å². The zero-order valence-electron chi connectivity index (χ0n) is 21.9. The van der Waals surface area contributed by atoms with Gasteiger partial charge in [0.1, 0.15) is 5.69 Å². The Bertz CT molecular complexity index is 1440. The van der Waals surface area contributed by atoms with Crippen molar-refractivity contribution in [2.45, 2.75) is 24.6 Å². The number of hydrogen-bond acceptors (Lipinski definition) is 5. The maximum atomic E-state index is 13.1. The number of carbonyl (C=O) groups is 1. The van der Waals surface area contributed by atoms with E-state index in [0.717, 1.165) is 28.4 Å². The monoisotopic (exact) mass is 549 g/mol. The lowest BCUT2D eigenvalue weighted by molar-refractivity contribution is -0.266. The molecule has 0 radical (unpaired) electrons. The van der Waals surface area contributed by atoms with Gasteiger partial charge >= 0.3 is 6.18 Å². The van der Waals surface area contributed by atoms with E-state index in [1.807, 2.05) is 97.0 Å². The van der Waals surface area contributed by atoms with E-state index < -0.39 is 11.8 Å². The molecule has 0 aliphatic carbocycles. The third kappa shape index (κ3) is 6.07. The molecule has 4 N–H and O–H groups in total. The third-order valence-corrected chi connectivity index (χ3v) is 7.13. The molecule has 1 aliphatic rings. The molecule has 3 aromatic carbocycles. The highest BCUT2D eigenvalue weighted by Crippen LogP contribution is 2.39. The van der Waals surface area contributed by atoms with Crippen LogP contribution < -0.4 is 20.9 Å². The van der Waals surface area contributed by atoms with Crippen molar-refractivity contribution in [3.05, 3.63) is 96.8 Å². The molecule has 1 amide bonds. The summed E-state index contributed by atoms with van der Waals surface area (Å²) in [6, 6.07) is 26.3. The van der Waals surface area contributed by atoms with Crippen molar-refractivity contribution in [1.29, 1.82) is 0 Å². The second kappa shape index (κ2) is 11.0. The molecule has 7 nitrogen and oxygen atoms in total. The quantitative estimate of drug-likeness (QED) is 0.207. The molecule has 0 spiro atoms. The summed E-state index contributed by atoms with van der Waals surface area (Å²) in [7, 11) is 1.82. The van der Waals surface area contributed by atoms with E-state index in [4.69, 9.17) is 0 Å². The van der Waals surface area contributed by atoms with Gasteiger partial charge in [-0.15, -0.1) is 0 Å². The highest BCUT2D eigenvalue weighted by atomic mass is 19.4. The number of nitrogens with zero attached hydrogens (tertiary/aromatic N) is 2. The first-order valence-corrected chi connectivity index (χ1v) is 12.9. The first-order chi connectivity index (χ1) is 19.1. The van der Waals surface area contributed by atoms with Crippen LogP contribution in [0.5, 0.6) is 0 Å². The number of amides is 1. The van der Waals surface area contributed by atoms with Crippen molar-refractivity contribution in [1.82, 2.24) is 4.57 Å². The summed E-state index contributed by atoms with van der Waals surface area (Å²) in [6.45, 7) is 0.282. The van der Waals surface area contributed by atoms with E-state index in [9.17, 15) is 23.1 Å². The van der Waals surface area contributed by atoms with Gasteiger partial charge in [0.05, 0.1) is 0 Å². The van der Waals surface area contributed by atoms with Crippen LogP contribution in [0.2, 0.25) is 0 Å². The first kappa shape index (κ1) is 27.1. The zero-order valence-corrected chi connectivity index (χ0v) is 21.9. The number of nitrogens with one attached hydrogen (secondary N) is 3. The summed E-state index contributed by atoms with van der Waals surface area (Å²) in [5, 5.41) is 19.4. The van der Waals surface area contributed by atoms with Crippen molar-refractivity contribution in [2.24, 2.45) is 7.05 Å². The Labute approximate surface area is 230 Å². The average Bonchev–Trinajstić information content (AvgIpc) is 3.37. The number of anilines is 6. The number of carbonyl (C=O) groups excluding carboxylic acids is 1. The van der Waals surface area contributed by atoms with E-state index >= 15 is 0 Å². The molecule has 0 saturated carbocycles. The summed E-state index contributed by atoms with van der Waals surface area (Å²) < 4.78 is 40.9. The van der Waals surface area contributed by atoms with Crippen LogP contribution in [0.1, 0.15) is 23.3 Å². The molecule has 4 aromatic rings. The molecular formula is C30H30F3N5O2. The van der Waals surface area contributed by atoms with Crippen LogP contribution in [-0.2, 0) is 7.05 Å². The van der Waals surface area contributed by atoms with Crippen LogP contribution in [-0.4, -0.2) is 40.4 Å². The number of benzene rings is 3. The third-order valence-electron chi connectivity index (χ3n) is 7.13. The van der Waals surface area contributed by atoms with Gasteiger partial charge in [-0.05, 0) is 84.9 Å². The summed E-state index contributed by atoms with van der Waals surface area (Å²) >= 11 is 0. The molecule has 0 atom stereocenters. The predicted octanol–water partition coefficient (Wildman–Crippen LogP) is 6.66. The highest BCUT2D eigenvalue weighted by molar-refractivity contribution is 6.03. The van der Waals surface area contributed by atoms with Crippen LogP contribution >= 0.6 is 0 Å². The number of hydrogen-bond donors (Lipinski definition) is 4. The largest absolute Gasteiger partial charge is 0.417 e. The Morgan fingerprint density at radius 2 is 1.23 bits per heavy atom. The van der Waals surface area contributed by atoms with Crippen LogP contribution in [0, 0.1) is 0 Å². The second-order valence-electron chi connectivity index (χ2n) is 9.93. The molecule has 40 heavy (non-hydrogen) atoms. The van der Waals surface area contributed by atoms with Crippen molar-refractivity contribution in [2.75, 3.05) is 33.9 Å². The summed E-state index contributed by atoms with van der Waals surface area (Å²) in [5.41, 5.74) is 2.99. The molecule has 1 saturated heterocycles. The van der Waals surface area contributed by atoms with E-state index in [0.29, 0.717) is 11.4 Å². The van der Waals surface area contributed by atoms with E-state index in [1.165, 1.54) is 0 Å². The van der Waals surface area contributed by atoms with Crippen LogP contribution in [0.3, 0.4) is 0 Å². The molecule has 0 bridgehead atoms. The molecule has 208 valence electrons. The number of alkyl halides is 3. The standard InChI is InChI=1S/C30H30F3N5O2/c1-37-18-2-3-27(37)28(39)36-25-10-8-23(9-11-25)34-21-4-6-22(7-5-21)35-24-12-14-26(15-13-24)38-19-16-29(40,17-20-38)30(31,32)33/h2-15,18,34-35,40H,16-17,19-20H2,1H3,(H,36,39). The van der Waals surface area contributed by atoms with Gasteiger partial charge in [0.2, 0.25) is 0 Å². The normalized spacial score (nSPS) is 15.0. The van der Waals surface area contributed by atoms with Gasteiger partial charge < -0.3 is 30.5 Å². The lowest BCUT2D eigenvalue weighted by atomic mass is 9.90. The van der Waals surface area contributed by atoms with Gasteiger partial charge in [0.15, 0.2) is 5.60 Å². The number of aryl methyl sites for hydroxylation is 1. The Balaban J connectivity index is 1.12. The van der Waals surface area contributed by atoms with E-state index in [1.54, 1.807) is 10.6 Å². The number of piperidine rings is 1. The molecule has 1 aliphatic heterocycles. The Morgan fingerprint density at radius 1 is 0.775 bits per heavy atom. The molecule has 10 heteroatoms. The van der Waals surface area contributed by atoms with E-state index in [2.05, 4.69) is 16.0 Å². The fourth-order valence-electron chi connectivity index (χ4n) is 4.67. The fourth-order valence-corrected chi connectivity index (χ4v) is 4.67. The van der Waals surface area contributed by atoms with Crippen molar-refractivity contribution in [3.8, 4) is 0 Å². The Kier molecular flexibility index (Phi) is 7.44. The van der Waals surface area contributed by atoms with Crippen LogP contribution in [0.4, 0.5) is 47.3 Å². The molecule has 1 aromatic heterocycles. The Morgan fingerprint density at radius 3 is 1.65 bits per heavy atom. The Hall–Kier alpha value is -4.44. The minimum atomic E-state index is -4.61. The lowest BCUT2D eigenvalue weighted by Gasteiger charge is -2.40. The number of aromatic nitrogens is 1. The maximum absolute atomic E-state index is 13.1. The van der Waals surface area contributed by atoms with E-state index in [-0.39, 0.29) is 31.8 Å². The summed E-state index contributed by atoms with van der Waals surface area (Å²) in [5.74, 6) is -0.170. The van der Waals surface area contributed by atoms with Crippen molar-refractivity contribution < 1.29 is 23.1 Å². The maximum Gasteiger partial charge on any atom is 0.417 e. The molecule has 1 fully saturated rings.